The van der Waals surface area contributed by atoms with Gasteiger partial charge in [0.05, 0.1) is 11.4 Å². The first-order valence-corrected chi connectivity index (χ1v) is 5.65. The van der Waals surface area contributed by atoms with Gasteiger partial charge in [-0.25, -0.2) is 0 Å². The minimum absolute atomic E-state index is 0.762. The van der Waals surface area contributed by atoms with E-state index in [1.165, 1.54) is 11.3 Å². The molecule has 0 fully saturated rings. The minimum Gasteiger partial charge on any atom is -0.307 e. The molecule has 1 aromatic carbocycles. The van der Waals surface area contributed by atoms with Gasteiger partial charge in [0.15, 0.2) is 0 Å². The van der Waals surface area contributed by atoms with Gasteiger partial charge >= 0.3 is 0 Å². The van der Waals surface area contributed by atoms with E-state index >= 15 is 0 Å². The summed E-state index contributed by atoms with van der Waals surface area (Å²) >= 11 is 6.02. The number of aryl methyl sites for hydroxylation is 1. The number of halogens is 1. The second-order valence-corrected chi connectivity index (χ2v) is 4.45. The minimum atomic E-state index is 0.762. The number of hydrogen-bond acceptors (Lipinski definition) is 2. The van der Waals surface area contributed by atoms with Crippen molar-refractivity contribution in [3.63, 3.8) is 0 Å². The summed E-state index contributed by atoms with van der Waals surface area (Å²) in [6.45, 7) is 1.76. The molecule has 0 amide bonds. The van der Waals surface area contributed by atoms with Crippen LogP contribution in [0.5, 0.6) is 0 Å². The van der Waals surface area contributed by atoms with Crippen molar-refractivity contribution < 1.29 is 0 Å². The highest BCUT2D eigenvalue weighted by molar-refractivity contribution is 6.30. The molecule has 0 radical (unpaired) electrons. The molecule has 1 N–H and O–H groups in total. The van der Waals surface area contributed by atoms with Gasteiger partial charge in [0, 0.05) is 36.3 Å². The summed E-state index contributed by atoms with van der Waals surface area (Å²) in [6.07, 6.45) is 0. The van der Waals surface area contributed by atoms with E-state index in [2.05, 4.69) is 16.5 Å². The van der Waals surface area contributed by atoms with Gasteiger partial charge in [0.1, 0.15) is 0 Å². The van der Waals surface area contributed by atoms with E-state index in [-0.39, 0.29) is 0 Å². The molecular weight excluding hydrogens is 222 g/mol. The Morgan fingerprint density at radius 1 is 1.38 bits per heavy atom. The zero-order chi connectivity index (χ0) is 11.1. The first-order valence-electron chi connectivity index (χ1n) is 5.27. The third-order valence-electron chi connectivity index (χ3n) is 2.92. The maximum atomic E-state index is 6.02. The highest BCUT2D eigenvalue weighted by Gasteiger charge is 2.21. The van der Waals surface area contributed by atoms with Crippen molar-refractivity contribution in [3.05, 3.63) is 40.5 Å². The van der Waals surface area contributed by atoms with Crippen LogP contribution in [0.3, 0.4) is 0 Å². The van der Waals surface area contributed by atoms with Crippen molar-refractivity contribution in [1.29, 1.82) is 0 Å². The molecular formula is C12H12ClN3. The zero-order valence-corrected chi connectivity index (χ0v) is 9.75. The molecule has 0 unspecified atom stereocenters. The third kappa shape index (κ3) is 1.44. The van der Waals surface area contributed by atoms with Crippen molar-refractivity contribution >= 4 is 11.6 Å². The second kappa shape index (κ2) is 3.61. The van der Waals surface area contributed by atoms with Crippen LogP contribution in [0, 0.1) is 0 Å². The highest BCUT2D eigenvalue weighted by Crippen LogP contribution is 2.29. The molecule has 1 aromatic heterocycles. The van der Waals surface area contributed by atoms with E-state index in [1.807, 2.05) is 29.9 Å². The normalized spacial score (nSPS) is 14.1. The predicted octanol–water partition coefficient (Wildman–Crippen LogP) is 2.34. The summed E-state index contributed by atoms with van der Waals surface area (Å²) in [6, 6.07) is 7.91. The Hall–Kier alpha value is -1.32. The number of nitrogens with zero attached hydrogens (tertiary/aromatic N) is 2. The molecule has 0 saturated heterocycles. The SMILES string of the molecule is Cn1nc2c(c1-c1cccc(Cl)c1)CNC2. The Morgan fingerprint density at radius 3 is 3.06 bits per heavy atom. The molecule has 0 spiro atoms. The van der Waals surface area contributed by atoms with Crippen molar-refractivity contribution in [2.24, 2.45) is 7.05 Å². The molecule has 0 bridgehead atoms. The van der Waals surface area contributed by atoms with Crippen LogP contribution in [0.4, 0.5) is 0 Å². The first kappa shape index (κ1) is 9.87. The van der Waals surface area contributed by atoms with Crippen molar-refractivity contribution in [1.82, 2.24) is 15.1 Å². The summed E-state index contributed by atoms with van der Waals surface area (Å²) < 4.78 is 1.94. The van der Waals surface area contributed by atoms with Gasteiger partial charge in [-0.05, 0) is 12.1 Å². The lowest BCUT2D eigenvalue weighted by Crippen LogP contribution is -2.06. The Morgan fingerprint density at radius 2 is 2.25 bits per heavy atom. The van der Waals surface area contributed by atoms with Gasteiger partial charge in [0.25, 0.3) is 0 Å². The fourth-order valence-electron chi connectivity index (χ4n) is 2.25. The molecule has 2 heterocycles. The monoisotopic (exact) mass is 233 g/mol. The Labute approximate surface area is 99.0 Å². The summed E-state index contributed by atoms with van der Waals surface area (Å²) in [7, 11) is 1.98. The van der Waals surface area contributed by atoms with E-state index in [0.29, 0.717) is 0 Å². The molecule has 0 aliphatic carbocycles. The lowest BCUT2D eigenvalue weighted by atomic mass is 10.1. The van der Waals surface area contributed by atoms with E-state index in [1.54, 1.807) is 0 Å². The molecule has 3 rings (SSSR count). The van der Waals surface area contributed by atoms with Gasteiger partial charge in [-0.15, -0.1) is 0 Å². The van der Waals surface area contributed by atoms with Crippen molar-refractivity contribution in [2.75, 3.05) is 0 Å². The van der Waals surface area contributed by atoms with Gasteiger partial charge in [-0.2, -0.15) is 5.10 Å². The van der Waals surface area contributed by atoms with E-state index in [9.17, 15) is 0 Å². The number of fused-ring (bicyclic) bond motifs is 1. The van der Waals surface area contributed by atoms with Gasteiger partial charge in [-0.3, -0.25) is 4.68 Å². The largest absolute Gasteiger partial charge is 0.307 e. The smallest absolute Gasteiger partial charge is 0.0814 e. The maximum Gasteiger partial charge on any atom is 0.0814 e. The number of nitrogens with one attached hydrogen (secondary N) is 1. The average Bonchev–Trinajstić information content (AvgIpc) is 2.76. The van der Waals surface area contributed by atoms with Crippen LogP contribution in [-0.2, 0) is 20.1 Å². The van der Waals surface area contributed by atoms with Crippen LogP contribution in [0.2, 0.25) is 5.02 Å². The fourth-order valence-corrected chi connectivity index (χ4v) is 2.44. The molecule has 3 nitrogen and oxygen atoms in total. The van der Waals surface area contributed by atoms with Gasteiger partial charge in [0.2, 0.25) is 0 Å². The quantitative estimate of drug-likeness (QED) is 0.820. The lowest BCUT2D eigenvalue weighted by molar-refractivity contribution is 0.693. The molecule has 1 aliphatic rings. The summed E-state index contributed by atoms with van der Waals surface area (Å²) in [5.41, 5.74) is 4.75. The average molecular weight is 234 g/mol. The van der Waals surface area contributed by atoms with E-state index < -0.39 is 0 Å². The third-order valence-corrected chi connectivity index (χ3v) is 3.16. The molecule has 1 aliphatic heterocycles. The van der Waals surface area contributed by atoms with Crippen LogP contribution in [0.15, 0.2) is 24.3 Å². The molecule has 0 atom stereocenters. The highest BCUT2D eigenvalue weighted by atomic mass is 35.5. The summed E-state index contributed by atoms with van der Waals surface area (Å²) in [5.74, 6) is 0. The van der Waals surface area contributed by atoms with Crippen LogP contribution in [-0.4, -0.2) is 9.78 Å². The van der Waals surface area contributed by atoms with Gasteiger partial charge in [-0.1, -0.05) is 23.7 Å². The van der Waals surface area contributed by atoms with Crippen molar-refractivity contribution in [2.45, 2.75) is 13.1 Å². The number of benzene rings is 1. The topological polar surface area (TPSA) is 29.9 Å². The molecule has 0 saturated carbocycles. The van der Waals surface area contributed by atoms with Gasteiger partial charge < -0.3 is 5.32 Å². The Kier molecular flexibility index (Phi) is 2.23. The second-order valence-electron chi connectivity index (χ2n) is 4.01. The lowest BCUT2D eigenvalue weighted by Gasteiger charge is -2.05. The van der Waals surface area contributed by atoms with Crippen molar-refractivity contribution in [3.8, 4) is 11.3 Å². The fraction of sp³-hybridized carbons (Fsp3) is 0.250. The Balaban J connectivity index is 2.19. The van der Waals surface area contributed by atoms with Crippen LogP contribution < -0.4 is 5.32 Å². The predicted molar refractivity (Wildman–Crippen MR) is 64.2 cm³/mol. The number of hydrogen-bond donors (Lipinski definition) is 1. The molecule has 82 valence electrons. The Bertz CT molecular complexity index is 545. The van der Waals surface area contributed by atoms with Crippen LogP contribution in [0.1, 0.15) is 11.3 Å². The van der Waals surface area contributed by atoms with Crippen LogP contribution in [0.25, 0.3) is 11.3 Å². The summed E-state index contributed by atoms with van der Waals surface area (Å²) in [4.78, 5) is 0. The summed E-state index contributed by atoms with van der Waals surface area (Å²) in [5, 5.41) is 8.58. The molecule has 16 heavy (non-hydrogen) atoms. The van der Waals surface area contributed by atoms with E-state index in [4.69, 9.17) is 11.6 Å². The zero-order valence-electron chi connectivity index (χ0n) is 9.00. The van der Waals surface area contributed by atoms with E-state index in [0.717, 1.165) is 29.4 Å². The maximum absolute atomic E-state index is 6.02. The number of rotatable bonds is 1. The first-order chi connectivity index (χ1) is 7.75. The molecule has 2 aromatic rings. The molecule has 4 heteroatoms. The number of aromatic nitrogens is 2. The van der Waals surface area contributed by atoms with Crippen LogP contribution >= 0.6 is 11.6 Å². The standard InChI is InChI=1S/C12H12ClN3/c1-16-12(8-3-2-4-9(13)5-8)10-6-14-7-11(10)15-16/h2-5,14H,6-7H2,1H3.